The Hall–Kier alpha value is -3.54. The van der Waals surface area contributed by atoms with E-state index in [1.54, 1.807) is 24.3 Å². The monoisotopic (exact) mass is 518 g/mol. The first-order valence-corrected chi connectivity index (χ1v) is 13.8. The van der Waals surface area contributed by atoms with Gasteiger partial charge in [-0.05, 0) is 98.4 Å². The Bertz CT molecular complexity index is 1060. The van der Waals surface area contributed by atoms with Crippen molar-refractivity contribution in [3.8, 4) is 5.75 Å². The predicted molar refractivity (Wildman–Crippen MR) is 154 cm³/mol. The standard InChI is InChI=1S/C32H42N2O4/c1-3-5-7-23-9-14-25(15-10-23)32(36)38-30-16-11-24(12-17-30)13-18-31(35)37-22-26(8-6-4-2)27-19-28(33)21-29(34)20-27/h3,11-13,16-21,23,25-26H,1,4-10,14-15,22,33-34H2,2H3. The van der Waals surface area contributed by atoms with Crippen molar-refractivity contribution in [2.24, 2.45) is 11.8 Å². The van der Waals surface area contributed by atoms with Crippen LogP contribution in [0.3, 0.4) is 0 Å². The molecule has 38 heavy (non-hydrogen) atoms. The number of esters is 2. The van der Waals surface area contributed by atoms with Gasteiger partial charge in [0.25, 0.3) is 0 Å². The zero-order valence-corrected chi connectivity index (χ0v) is 22.6. The summed E-state index contributed by atoms with van der Waals surface area (Å²) in [6.45, 7) is 6.18. The van der Waals surface area contributed by atoms with E-state index in [-0.39, 0.29) is 24.4 Å². The molecule has 0 aromatic heterocycles. The molecular weight excluding hydrogens is 476 g/mol. The molecule has 4 N–H and O–H groups in total. The highest BCUT2D eigenvalue weighted by molar-refractivity contribution is 5.87. The molecular formula is C32H42N2O4. The zero-order valence-electron chi connectivity index (χ0n) is 22.6. The van der Waals surface area contributed by atoms with Gasteiger partial charge in [-0.15, -0.1) is 6.58 Å². The van der Waals surface area contributed by atoms with Crippen molar-refractivity contribution in [3.05, 3.63) is 72.3 Å². The first-order valence-electron chi connectivity index (χ1n) is 13.8. The highest BCUT2D eigenvalue weighted by Crippen LogP contribution is 2.33. The third-order valence-electron chi connectivity index (χ3n) is 7.27. The summed E-state index contributed by atoms with van der Waals surface area (Å²) in [6.07, 6.45) is 14.1. The number of hydrogen-bond acceptors (Lipinski definition) is 6. The molecule has 0 amide bonds. The highest BCUT2D eigenvalue weighted by atomic mass is 16.5. The molecule has 1 unspecified atom stereocenters. The number of carbonyl (C=O) groups is 2. The van der Waals surface area contributed by atoms with E-state index >= 15 is 0 Å². The van der Waals surface area contributed by atoms with Gasteiger partial charge in [0.15, 0.2) is 0 Å². The van der Waals surface area contributed by atoms with E-state index in [4.69, 9.17) is 20.9 Å². The number of benzene rings is 2. The van der Waals surface area contributed by atoms with Gasteiger partial charge < -0.3 is 20.9 Å². The Balaban J connectivity index is 1.47. The Labute approximate surface area is 227 Å². The maximum atomic E-state index is 12.6. The van der Waals surface area contributed by atoms with Gasteiger partial charge in [-0.1, -0.05) is 38.0 Å². The van der Waals surface area contributed by atoms with Crippen molar-refractivity contribution in [1.29, 1.82) is 0 Å². The van der Waals surface area contributed by atoms with Crippen LogP contribution in [0, 0.1) is 11.8 Å². The van der Waals surface area contributed by atoms with Crippen LogP contribution < -0.4 is 16.2 Å². The third kappa shape index (κ3) is 9.40. The normalized spacial score (nSPS) is 18.1. The lowest BCUT2D eigenvalue weighted by molar-refractivity contribution is -0.140. The number of rotatable bonds is 13. The number of nitrogens with two attached hydrogens (primary N) is 2. The van der Waals surface area contributed by atoms with Gasteiger partial charge >= 0.3 is 11.9 Å². The summed E-state index contributed by atoms with van der Waals surface area (Å²) in [5, 5.41) is 0. The first kappa shape index (κ1) is 29.0. The largest absolute Gasteiger partial charge is 0.462 e. The van der Waals surface area contributed by atoms with Gasteiger partial charge in [-0.2, -0.15) is 0 Å². The van der Waals surface area contributed by atoms with Crippen molar-refractivity contribution in [3.63, 3.8) is 0 Å². The van der Waals surface area contributed by atoms with E-state index in [0.29, 0.717) is 23.0 Å². The van der Waals surface area contributed by atoms with Crippen LogP contribution in [0.2, 0.25) is 0 Å². The van der Waals surface area contributed by atoms with Crippen molar-refractivity contribution < 1.29 is 19.1 Å². The Kier molecular flexibility index (Phi) is 11.5. The molecule has 0 heterocycles. The summed E-state index contributed by atoms with van der Waals surface area (Å²) in [7, 11) is 0. The first-order chi connectivity index (χ1) is 18.4. The highest BCUT2D eigenvalue weighted by Gasteiger charge is 2.27. The Morgan fingerprint density at radius 1 is 1.05 bits per heavy atom. The smallest absolute Gasteiger partial charge is 0.330 e. The summed E-state index contributed by atoms with van der Waals surface area (Å²) in [5.74, 6) is 0.640. The van der Waals surface area contributed by atoms with Crippen LogP contribution in [-0.4, -0.2) is 18.5 Å². The summed E-state index contributed by atoms with van der Waals surface area (Å²) in [4.78, 5) is 25.0. The molecule has 1 aliphatic rings. The lowest BCUT2D eigenvalue weighted by Gasteiger charge is -2.26. The van der Waals surface area contributed by atoms with Crippen LogP contribution in [0.25, 0.3) is 6.08 Å². The fourth-order valence-electron chi connectivity index (χ4n) is 5.02. The topological polar surface area (TPSA) is 105 Å². The minimum atomic E-state index is -0.414. The average molecular weight is 519 g/mol. The summed E-state index contributed by atoms with van der Waals surface area (Å²) in [6, 6.07) is 12.6. The molecule has 1 fully saturated rings. The van der Waals surface area contributed by atoms with E-state index in [2.05, 4.69) is 13.5 Å². The van der Waals surface area contributed by atoms with E-state index < -0.39 is 5.97 Å². The van der Waals surface area contributed by atoms with Crippen LogP contribution >= 0.6 is 0 Å². The lowest BCUT2D eigenvalue weighted by atomic mass is 9.80. The fourth-order valence-corrected chi connectivity index (χ4v) is 5.02. The number of anilines is 2. The molecule has 0 spiro atoms. The average Bonchev–Trinajstić information content (AvgIpc) is 2.91. The molecule has 2 aromatic rings. The molecule has 3 rings (SSSR count). The third-order valence-corrected chi connectivity index (χ3v) is 7.27. The van der Waals surface area contributed by atoms with E-state index in [0.717, 1.165) is 68.9 Å². The number of hydrogen-bond donors (Lipinski definition) is 2. The molecule has 0 bridgehead atoms. The van der Waals surface area contributed by atoms with Gasteiger partial charge in [-0.25, -0.2) is 4.79 Å². The molecule has 204 valence electrons. The molecule has 0 saturated heterocycles. The minimum absolute atomic E-state index is 0.0331. The van der Waals surface area contributed by atoms with Gasteiger partial charge in [0, 0.05) is 23.4 Å². The number of unbranched alkanes of at least 4 members (excludes halogenated alkanes) is 1. The van der Waals surface area contributed by atoms with E-state index in [9.17, 15) is 9.59 Å². The van der Waals surface area contributed by atoms with Gasteiger partial charge in [-0.3, -0.25) is 4.79 Å². The molecule has 1 aliphatic carbocycles. The number of nitrogen functional groups attached to an aromatic ring is 2. The van der Waals surface area contributed by atoms with Crippen LogP contribution in [-0.2, 0) is 14.3 Å². The van der Waals surface area contributed by atoms with Gasteiger partial charge in [0.1, 0.15) is 5.75 Å². The number of allylic oxidation sites excluding steroid dienone is 1. The van der Waals surface area contributed by atoms with Crippen molar-refractivity contribution in [1.82, 2.24) is 0 Å². The lowest BCUT2D eigenvalue weighted by Crippen LogP contribution is -2.25. The van der Waals surface area contributed by atoms with Crippen molar-refractivity contribution in [2.45, 2.75) is 70.6 Å². The second kappa shape index (κ2) is 15.0. The number of ether oxygens (including phenoxy) is 2. The molecule has 1 atom stereocenters. The summed E-state index contributed by atoms with van der Waals surface area (Å²) in [5.41, 5.74) is 14.9. The SMILES string of the molecule is C=CCCC1CCC(C(=O)Oc2ccc(C=CC(=O)OCC(CCCC)c3cc(N)cc(N)c3)cc2)CC1. The molecule has 0 radical (unpaired) electrons. The zero-order chi connectivity index (χ0) is 27.3. The van der Waals surface area contributed by atoms with Gasteiger partial charge in [0.05, 0.1) is 12.5 Å². The molecule has 6 nitrogen and oxygen atoms in total. The molecule has 2 aromatic carbocycles. The Morgan fingerprint density at radius 2 is 1.74 bits per heavy atom. The van der Waals surface area contributed by atoms with E-state index in [1.807, 2.05) is 30.3 Å². The predicted octanol–water partition coefficient (Wildman–Crippen LogP) is 7.06. The second-order valence-electron chi connectivity index (χ2n) is 10.3. The van der Waals surface area contributed by atoms with E-state index in [1.165, 1.54) is 6.08 Å². The fraction of sp³-hybridized carbons (Fsp3) is 0.438. The minimum Gasteiger partial charge on any atom is -0.462 e. The van der Waals surface area contributed by atoms with Crippen LogP contribution in [0.5, 0.6) is 5.75 Å². The maximum Gasteiger partial charge on any atom is 0.330 e. The van der Waals surface area contributed by atoms with Crippen LogP contribution in [0.1, 0.15) is 81.8 Å². The van der Waals surface area contributed by atoms with Gasteiger partial charge in [0.2, 0.25) is 0 Å². The van der Waals surface area contributed by atoms with Crippen molar-refractivity contribution >= 4 is 29.4 Å². The Morgan fingerprint density at radius 3 is 2.37 bits per heavy atom. The summed E-state index contributed by atoms with van der Waals surface area (Å²) < 4.78 is 11.2. The maximum absolute atomic E-state index is 12.6. The van der Waals surface area contributed by atoms with Crippen molar-refractivity contribution in [2.75, 3.05) is 18.1 Å². The quantitative estimate of drug-likeness (QED) is 0.0967. The number of carbonyl (C=O) groups excluding carboxylic acids is 2. The summed E-state index contributed by atoms with van der Waals surface area (Å²) >= 11 is 0. The molecule has 6 heteroatoms. The molecule has 0 aliphatic heterocycles. The molecule has 1 saturated carbocycles. The second-order valence-corrected chi connectivity index (χ2v) is 10.3. The van der Waals surface area contributed by atoms with Crippen LogP contribution in [0.4, 0.5) is 11.4 Å². The van der Waals surface area contributed by atoms with Crippen LogP contribution in [0.15, 0.2) is 61.2 Å².